The maximum atomic E-state index is 12.7. The number of amides is 1. The fraction of sp³-hybridized carbons (Fsp3) is 0.300. The number of carboxylic acids is 1. The molecule has 0 aliphatic heterocycles. The maximum Gasteiger partial charge on any atom is 0.303 e. The van der Waals surface area contributed by atoms with Gasteiger partial charge in [-0.1, -0.05) is 35.5 Å². The summed E-state index contributed by atoms with van der Waals surface area (Å²) in [6.07, 6.45) is 2.44. The van der Waals surface area contributed by atoms with Gasteiger partial charge in [0.15, 0.2) is 5.76 Å². The summed E-state index contributed by atoms with van der Waals surface area (Å²) in [5.74, 6) is 0.233. The van der Waals surface area contributed by atoms with Crippen LogP contribution in [0.2, 0.25) is 0 Å². The molecule has 0 saturated heterocycles. The third-order valence-electron chi connectivity index (χ3n) is 4.15. The van der Waals surface area contributed by atoms with Crippen molar-refractivity contribution in [2.45, 2.75) is 32.2 Å². The summed E-state index contributed by atoms with van der Waals surface area (Å²) < 4.78 is 10.4. The van der Waals surface area contributed by atoms with E-state index in [4.69, 9.17) is 14.0 Å². The van der Waals surface area contributed by atoms with Crippen LogP contribution in [0.4, 0.5) is 0 Å². The fourth-order valence-electron chi connectivity index (χ4n) is 2.75. The van der Waals surface area contributed by atoms with Gasteiger partial charge in [-0.3, -0.25) is 9.59 Å². The van der Waals surface area contributed by atoms with Gasteiger partial charge in [-0.25, -0.2) is 0 Å². The summed E-state index contributed by atoms with van der Waals surface area (Å²) in [7, 11) is 0. The summed E-state index contributed by atoms with van der Waals surface area (Å²) in [5, 5.41) is 12.7. The van der Waals surface area contributed by atoms with Crippen molar-refractivity contribution in [3.05, 3.63) is 60.2 Å². The van der Waals surface area contributed by atoms with E-state index in [1.807, 2.05) is 30.3 Å². The van der Waals surface area contributed by atoms with E-state index in [-0.39, 0.29) is 18.7 Å². The number of carbonyl (C=O) groups is 2. The highest BCUT2D eigenvalue weighted by Crippen LogP contribution is 2.17. The molecule has 8 nitrogen and oxygen atoms in total. The van der Waals surface area contributed by atoms with E-state index in [0.717, 1.165) is 5.56 Å². The molecule has 0 aliphatic rings. The molecule has 3 rings (SSSR count). The van der Waals surface area contributed by atoms with Crippen LogP contribution in [0.25, 0.3) is 11.6 Å². The molecule has 2 aromatic heterocycles. The average Bonchev–Trinajstić information content (AvgIpc) is 3.37. The third kappa shape index (κ3) is 5.54. The zero-order chi connectivity index (χ0) is 19.8. The molecular weight excluding hydrogens is 362 g/mol. The summed E-state index contributed by atoms with van der Waals surface area (Å²) >= 11 is 0. The molecule has 0 aliphatic carbocycles. The topological polar surface area (TPSA) is 110 Å². The van der Waals surface area contributed by atoms with E-state index in [1.54, 1.807) is 17.0 Å². The third-order valence-corrected chi connectivity index (χ3v) is 4.15. The molecule has 0 atom stereocenters. The Hall–Kier alpha value is -3.42. The van der Waals surface area contributed by atoms with Crippen LogP contribution in [0, 0.1) is 0 Å². The van der Waals surface area contributed by atoms with Crippen molar-refractivity contribution >= 4 is 11.9 Å². The van der Waals surface area contributed by atoms with E-state index in [2.05, 4.69) is 10.1 Å². The zero-order valence-corrected chi connectivity index (χ0v) is 15.3. The summed E-state index contributed by atoms with van der Waals surface area (Å²) in [6.45, 7) is 0.808. The number of furan rings is 1. The highest BCUT2D eigenvalue weighted by atomic mass is 16.5. The predicted molar refractivity (Wildman–Crippen MR) is 99.0 cm³/mol. The van der Waals surface area contributed by atoms with Gasteiger partial charge < -0.3 is 18.9 Å². The number of carbonyl (C=O) groups excluding carboxylic acids is 1. The lowest BCUT2D eigenvalue weighted by atomic mass is 10.1. The highest BCUT2D eigenvalue weighted by Gasteiger charge is 2.17. The lowest BCUT2D eigenvalue weighted by molar-refractivity contribution is -0.138. The first kappa shape index (κ1) is 19.3. The average molecular weight is 383 g/mol. The van der Waals surface area contributed by atoms with Crippen molar-refractivity contribution in [1.82, 2.24) is 15.0 Å². The molecule has 0 spiro atoms. The summed E-state index contributed by atoms with van der Waals surface area (Å²) in [4.78, 5) is 29.4. The van der Waals surface area contributed by atoms with Crippen molar-refractivity contribution < 1.29 is 23.6 Å². The quantitative estimate of drug-likeness (QED) is 0.572. The van der Waals surface area contributed by atoms with Crippen molar-refractivity contribution in [3.8, 4) is 11.6 Å². The van der Waals surface area contributed by atoms with E-state index in [0.29, 0.717) is 43.4 Å². The minimum atomic E-state index is -0.872. The minimum absolute atomic E-state index is 0.0226. The van der Waals surface area contributed by atoms with Gasteiger partial charge >= 0.3 is 5.97 Å². The smallest absolute Gasteiger partial charge is 0.303 e. The lowest BCUT2D eigenvalue weighted by Gasteiger charge is -2.22. The second kappa shape index (κ2) is 9.50. The molecule has 0 bridgehead atoms. The normalized spacial score (nSPS) is 10.7. The summed E-state index contributed by atoms with van der Waals surface area (Å²) in [6, 6.07) is 13.0. The first-order valence-electron chi connectivity index (χ1n) is 9.02. The van der Waals surface area contributed by atoms with Crippen LogP contribution in [0.5, 0.6) is 0 Å². The van der Waals surface area contributed by atoms with Crippen LogP contribution in [-0.2, 0) is 22.6 Å². The van der Waals surface area contributed by atoms with Gasteiger partial charge in [-0.15, -0.1) is 0 Å². The second-order valence-corrected chi connectivity index (χ2v) is 6.29. The second-order valence-electron chi connectivity index (χ2n) is 6.29. The fourth-order valence-corrected chi connectivity index (χ4v) is 2.75. The van der Waals surface area contributed by atoms with Crippen molar-refractivity contribution in [1.29, 1.82) is 0 Å². The molecule has 1 amide bonds. The van der Waals surface area contributed by atoms with E-state index in [1.165, 1.54) is 6.26 Å². The number of hydrogen-bond acceptors (Lipinski definition) is 6. The lowest BCUT2D eigenvalue weighted by Crippen LogP contribution is -2.32. The Morgan fingerprint density at radius 1 is 1.07 bits per heavy atom. The monoisotopic (exact) mass is 383 g/mol. The molecule has 0 saturated carbocycles. The first-order chi connectivity index (χ1) is 13.6. The largest absolute Gasteiger partial charge is 0.481 e. The molecule has 146 valence electrons. The van der Waals surface area contributed by atoms with Crippen molar-refractivity contribution in [2.75, 3.05) is 6.54 Å². The van der Waals surface area contributed by atoms with Crippen LogP contribution >= 0.6 is 0 Å². The van der Waals surface area contributed by atoms with Gasteiger partial charge in [0.2, 0.25) is 17.6 Å². The molecule has 0 fully saturated rings. The molecule has 3 aromatic rings. The van der Waals surface area contributed by atoms with Crippen molar-refractivity contribution in [2.24, 2.45) is 0 Å². The molecule has 28 heavy (non-hydrogen) atoms. The molecule has 1 N–H and O–H groups in total. The van der Waals surface area contributed by atoms with Crippen LogP contribution in [0.1, 0.15) is 30.7 Å². The molecule has 2 heterocycles. The van der Waals surface area contributed by atoms with E-state index >= 15 is 0 Å². The Balaban J connectivity index is 1.59. The molecule has 0 unspecified atom stereocenters. The number of aliphatic carboxylic acids is 1. The highest BCUT2D eigenvalue weighted by molar-refractivity contribution is 5.76. The van der Waals surface area contributed by atoms with Crippen LogP contribution in [0.3, 0.4) is 0 Å². The SMILES string of the molecule is O=C(O)CCCN(Cc1ccccc1)C(=O)CCc1nc(-c2ccco2)no1. The first-order valence-corrected chi connectivity index (χ1v) is 9.02. The molecule has 1 aromatic carbocycles. The number of carboxylic acid groups (broad SMARTS) is 1. The Morgan fingerprint density at radius 3 is 2.61 bits per heavy atom. The van der Waals surface area contributed by atoms with E-state index in [9.17, 15) is 9.59 Å². The van der Waals surface area contributed by atoms with Gasteiger partial charge in [-0.2, -0.15) is 4.98 Å². The van der Waals surface area contributed by atoms with Gasteiger partial charge in [0.05, 0.1) is 6.26 Å². The van der Waals surface area contributed by atoms with Crippen LogP contribution in [-0.4, -0.2) is 38.6 Å². The molecular formula is C20H21N3O5. The minimum Gasteiger partial charge on any atom is -0.481 e. The van der Waals surface area contributed by atoms with Crippen LogP contribution in [0.15, 0.2) is 57.7 Å². The number of nitrogens with zero attached hydrogens (tertiary/aromatic N) is 3. The number of hydrogen-bond donors (Lipinski definition) is 1. The van der Waals surface area contributed by atoms with Gasteiger partial charge in [0.1, 0.15) is 0 Å². The molecule has 0 radical (unpaired) electrons. The standard InChI is InChI=1S/C20H21N3O5/c24-18(11-10-17-21-20(22-28-17)16-8-5-13-27-16)23(12-4-9-19(25)26)14-15-6-2-1-3-7-15/h1-3,5-8,13H,4,9-12,14H2,(H,25,26). The number of aryl methyl sites for hydroxylation is 1. The van der Waals surface area contributed by atoms with Gasteiger partial charge in [-0.05, 0) is 24.1 Å². The number of benzene rings is 1. The molecule has 8 heteroatoms. The van der Waals surface area contributed by atoms with Crippen LogP contribution < -0.4 is 0 Å². The van der Waals surface area contributed by atoms with Gasteiger partial charge in [0.25, 0.3) is 0 Å². The van der Waals surface area contributed by atoms with E-state index < -0.39 is 5.97 Å². The van der Waals surface area contributed by atoms with Gasteiger partial charge in [0, 0.05) is 32.4 Å². The Kier molecular flexibility index (Phi) is 6.56. The number of aromatic nitrogens is 2. The number of rotatable bonds is 10. The zero-order valence-electron chi connectivity index (χ0n) is 15.3. The summed E-state index contributed by atoms with van der Waals surface area (Å²) in [5.41, 5.74) is 0.990. The Morgan fingerprint density at radius 2 is 1.89 bits per heavy atom. The predicted octanol–water partition coefficient (Wildman–Crippen LogP) is 3.16. The Bertz CT molecular complexity index is 890. The van der Waals surface area contributed by atoms with Crippen molar-refractivity contribution in [3.63, 3.8) is 0 Å². The Labute approximate surface area is 161 Å². The maximum absolute atomic E-state index is 12.7.